The van der Waals surface area contributed by atoms with Crippen LogP contribution in [0.3, 0.4) is 0 Å². The van der Waals surface area contributed by atoms with E-state index in [2.05, 4.69) is 12.0 Å². The van der Waals surface area contributed by atoms with E-state index in [1.165, 1.54) is 4.79 Å². The number of nitrogens with zero attached hydrogens (tertiary/aromatic N) is 2. The second kappa shape index (κ2) is 2.77. The maximum atomic E-state index is 5.30. The number of aromatic nitrogens is 2. The topological polar surface area (TPSA) is 43.8 Å². The van der Waals surface area contributed by atoms with Crippen LogP contribution in [0.1, 0.15) is 6.92 Å². The Morgan fingerprint density at radius 1 is 1.89 bits per heavy atom. The van der Waals surface area contributed by atoms with Gasteiger partial charge in [0, 0.05) is 6.20 Å². The van der Waals surface area contributed by atoms with Gasteiger partial charge in [0.05, 0.1) is 0 Å². The Hall–Kier alpha value is -0.640. The van der Waals surface area contributed by atoms with Crippen LogP contribution >= 0.6 is 11.8 Å². The number of nitrogen functional groups attached to an aromatic ring is 1. The summed E-state index contributed by atoms with van der Waals surface area (Å²) in [5, 5.41) is 4.94. The van der Waals surface area contributed by atoms with Crippen molar-refractivity contribution in [3.05, 3.63) is 12.3 Å². The number of hydrogen-bond acceptors (Lipinski definition) is 3. The summed E-state index contributed by atoms with van der Waals surface area (Å²) in [5.74, 6) is 6.34. The third-order valence-electron chi connectivity index (χ3n) is 0.876. The lowest BCUT2D eigenvalue weighted by atomic mass is 10.8. The molecule has 0 amide bonds. The molecular formula is C5H9N3S. The lowest BCUT2D eigenvalue weighted by molar-refractivity contribution is 0.795. The molecule has 1 rings (SSSR count). The normalized spacial score (nSPS) is 9.89. The van der Waals surface area contributed by atoms with Gasteiger partial charge < -0.3 is 5.84 Å². The first-order chi connectivity index (χ1) is 4.33. The van der Waals surface area contributed by atoms with E-state index in [0.29, 0.717) is 0 Å². The average molecular weight is 143 g/mol. The van der Waals surface area contributed by atoms with Crippen LogP contribution in [0.15, 0.2) is 17.3 Å². The number of thioether (sulfide) groups is 1. The van der Waals surface area contributed by atoms with Crippen molar-refractivity contribution in [3.8, 4) is 0 Å². The average Bonchev–Trinajstić information content (AvgIpc) is 2.17. The van der Waals surface area contributed by atoms with Crippen LogP contribution in [0.4, 0.5) is 0 Å². The zero-order valence-electron chi connectivity index (χ0n) is 5.24. The van der Waals surface area contributed by atoms with Crippen molar-refractivity contribution in [1.82, 2.24) is 9.89 Å². The Labute approximate surface area is 58.2 Å². The summed E-state index contributed by atoms with van der Waals surface area (Å²) in [4.78, 5) is 1.32. The van der Waals surface area contributed by atoms with Gasteiger partial charge >= 0.3 is 0 Å². The van der Waals surface area contributed by atoms with Crippen LogP contribution in [0, 0.1) is 0 Å². The van der Waals surface area contributed by atoms with Crippen molar-refractivity contribution in [1.29, 1.82) is 0 Å². The second-order valence-corrected chi connectivity index (χ2v) is 2.85. The minimum atomic E-state index is 0.986. The summed E-state index contributed by atoms with van der Waals surface area (Å²) in [5.41, 5.74) is 0. The van der Waals surface area contributed by atoms with Gasteiger partial charge in [0.2, 0.25) is 0 Å². The first-order valence-corrected chi connectivity index (χ1v) is 3.75. The summed E-state index contributed by atoms with van der Waals surface area (Å²) in [6.45, 7) is 2.08. The number of nitrogens with two attached hydrogens (primary N) is 1. The van der Waals surface area contributed by atoms with E-state index in [4.69, 9.17) is 5.84 Å². The quantitative estimate of drug-likeness (QED) is 0.490. The molecule has 0 aliphatic rings. The predicted octanol–water partition coefficient (Wildman–Crippen LogP) is 0.709. The molecule has 0 aromatic carbocycles. The number of rotatable bonds is 2. The fraction of sp³-hybridized carbons (Fsp3) is 0.400. The molecule has 0 atom stereocenters. The van der Waals surface area contributed by atoms with Gasteiger partial charge in [0.15, 0.2) is 0 Å². The standard InChI is InChI=1S/C5H9N3S/c1-2-9-5-3-4-8(6)7-5/h3-4H,2,6H2,1H3. The lowest BCUT2D eigenvalue weighted by Gasteiger charge is -1.87. The molecule has 0 unspecified atom stereocenters. The van der Waals surface area contributed by atoms with Crippen molar-refractivity contribution in [2.75, 3.05) is 11.6 Å². The SMILES string of the molecule is CCSc1ccn(N)n1. The molecule has 1 aromatic rings. The van der Waals surface area contributed by atoms with Gasteiger partial charge in [-0.25, -0.2) is 0 Å². The molecule has 0 radical (unpaired) electrons. The van der Waals surface area contributed by atoms with Crippen molar-refractivity contribution < 1.29 is 0 Å². The van der Waals surface area contributed by atoms with E-state index in [0.717, 1.165) is 10.8 Å². The fourth-order valence-electron chi connectivity index (χ4n) is 0.545. The maximum Gasteiger partial charge on any atom is 0.120 e. The van der Waals surface area contributed by atoms with Gasteiger partial charge in [0.25, 0.3) is 0 Å². The van der Waals surface area contributed by atoms with Gasteiger partial charge in [-0.15, -0.1) is 16.9 Å². The summed E-state index contributed by atoms with van der Waals surface area (Å²) in [6.07, 6.45) is 1.73. The van der Waals surface area contributed by atoms with Gasteiger partial charge in [-0.3, -0.25) is 0 Å². The zero-order valence-corrected chi connectivity index (χ0v) is 6.06. The van der Waals surface area contributed by atoms with Gasteiger partial charge in [-0.1, -0.05) is 6.92 Å². The van der Waals surface area contributed by atoms with Crippen molar-refractivity contribution in [2.24, 2.45) is 0 Å². The monoisotopic (exact) mass is 143 g/mol. The van der Waals surface area contributed by atoms with E-state index in [1.54, 1.807) is 18.0 Å². The van der Waals surface area contributed by atoms with Crippen LogP contribution in [-0.4, -0.2) is 15.6 Å². The van der Waals surface area contributed by atoms with Crippen LogP contribution in [0.5, 0.6) is 0 Å². The van der Waals surface area contributed by atoms with Crippen molar-refractivity contribution in [3.63, 3.8) is 0 Å². The zero-order chi connectivity index (χ0) is 6.69. The van der Waals surface area contributed by atoms with E-state index in [9.17, 15) is 0 Å². The molecule has 1 heterocycles. The van der Waals surface area contributed by atoms with E-state index in [-0.39, 0.29) is 0 Å². The number of hydrogen-bond donors (Lipinski definition) is 1. The highest BCUT2D eigenvalue weighted by Gasteiger charge is 1.92. The maximum absolute atomic E-state index is 5.30. The van der Waals surface area contributed by atoms with Crippen LogP contribution in [-0.2, 0) is 0 Å². The van der Waals surface area contributed by atoms with Gasteiger partial charge in [-0.05, 0) is 11.8 Å². The largest absolute Gasteiger partial charge is 0.323 e. The molecular weight excluding hydrogens is 134 g/mol. The smallest absolute Gasteiger partial charge is 0.120 e. The Bertz CT molecular complexity index is 184. The highest BCUT2D eigenvalue weighted by molar-refractivity contribution is 7.99. The lowest BCUT2D eigenvalue weighted by Crippen LogP contribution is -2.07. The predicted molar refractivity (Wildman–Crippen MR) is 38.8 cm³/mol. The van der Waals surface area contributed by atoms with Crippen molar-refractivity contribution >= 4 is 11.8 Å². The highest BCUT2D eigenvalue weighted by Crippen LogP contribution is 2.12. The minimum absolute atomic E-state index is 0.986. The Morgan fingerprint density at radius 3 is 3.11 bits per heavy atom. The minimum Gasteiger partial charge on any atom is -0.323 e. The highest BCUT2D eigenvalue weighted by atomic mass is 32.2. The summed E-state index contributed by atoms with van der Waals surface area (Å²) in [7, 11) is 0. The molecule has 0 bridgehead atoms. The van der Waals surface area contributed by atoms with E-state index in [1.807, 2.05) is 6.07 Å². The molecule has 50 valence electrons. The van der Waals surface area contributed by atoms with Crippen LogP contribution in [0.2, 0.25) is 0 Å². The summed E-state index contributed by atoms with van der Waals surface area (Å²) >= 11 is 1.68. The molecule has 0 aliphatic heterocycles. The van der Waals surface area contributed by atoms with E-state index >= 15 is 0 Å². The van der Waals surface area contributed by atoms with Gasteiger partial charge in [-0.2, -0.15) is 4.79 Å². The van der Waals surface area contributed by atoms with Crippen LogP contribution in [0.25, 0.3) is 0 Å². The Kier molecular flexibility index (Phi) is 2.00. The molecule has 0 aliphatic carbocycles. The molecule has 2 N–H and O–H groups in total. The van der Waals surface area contributed by atoms with Crippen molar-refractivity contribution in [2.45, 2.75) is 11.9 Å². The third-order valence-corrected chi connectivity index (χ3v) is 1.68. The first-order valence-electron chi connectivity index (χ1n) is 2.76. The molecule has 4 heteroatoms. The molecule has 1 aromatic heterocycles. The Balaban J connectivity index is 2.61. The molecule has 0 spiro atoms. The Morgan fingerprint density at radius 2 is 2.67 bits per heavy atom. The second-order valence-electron chi connectivity index (χ2n) is 1.57. The fourth-order valence-corrected chi connectivity index (χ4v) is 1.15. The third kappa shape index (κ3) is 1.64. The summed E-state index contributed by atoms with van der Waals surface area (Å²) in [6, 6.07) is 1.90. The van der Waals surface area contributed by atoms with Crippen LogP contribution < -0.4 is 5.84 Å². The van der Waals surface area contributed by atoms with Gasteiger partial charge in [0.1, 0.15) is 5.03 Å². The van der Waals surface area contributed by atoms with E-state index < -0.39 is 0 Å². The molecule has 3 nitrogen and oxygen atoms in total. The first kappa shape index (κ1) is 6.48. The molecule has 0 fully saturated rings. The summed E-state index contributed by atoms with van der Waals surface area (Å²) < 4.78 is 0. The molecule has 9 heavy (non-hydrogen) atoms. The molecule has 0 saturated carbocycles. The molecule has 0 saturated heterocycles.